The van der Waals surface area contributed by atoms with Crippen LogP contribution < -0.4 is 10.2 Å². The first kappa shape index (κ1) is 13.1. The third kappa shape index (κ3) is 2.91. The summed E-state index contributed by atoms with van der Waals surface area (Å²) >= 11 is 0. The first-order valence-corrected chi connectivity index (χ1v) is 6.13. The number of methoxy groups -OCH3 is 1. The van der Waals surface area contributed by atoms with E-state index in [0.717, 1.165) is 25.7 Å². The lowest BCUT2D eigenvalue weighted by molar-refractivity contribution is -0.0228. The van der Waals surface area contributed by atoms with Gasteiger partial charge in [0.1, 0.15) is 23.4 Å². The highest BCUT2D eigenvalue weighted by molar-refractivity contribution is 5.54. The molecule has 1 saturated carbocycles. The fourth-order valence-electron chi connectivity index (χ4n) is 2.32. The molecular formula is C13H18FNO3. The van der Waals surface area contributed by atoms with Crippen LogP contribution >= 0.6 is 0 Å². The van der Waals surface area contributed by atoms with Gasteiger partial charge in [0.2, 0.25) is 0 Å². The van der Waals surface area contributed by atoms with Gasteiger partial charge in [0.15, 0.2) is 0 Å². The van der Waals surface area contributed by atoms with Crippen LogP contribution in [0.15, 0.2) is 18.2 Å². The molecular weight excluding hydrogens is 237 g/mol. The number of anilines is 1. The molecule has 0 radical (unpaired) electrons. The van der Waals surface area contributed by atoms with Crippen molar-refractivity contribution in [1.29, 1.82) is 0 Å². The third-order valence-corrected chi connectivity index (χ3v) is 3.29. The van der Waals surface area contributed by atoms with Crippen LogP contribution in [0.5, 0.6) is 5.75 Å². The third-order valence-electron chi connectivity index (χ3n) is 3.29. The fourth-order valence-corrected chi connectivity index (χ4v) is 2.32. The number of hydrogen-bond acceptors (Lipinski definition) is 4. The second kappa shape index (κ2) is 6.02. The Morgan fingerprint density at radius 2 is 2.00 bits per heavy atom. The first-order chi connectivity index (χ1) is 8.74. The van der Waals surface area contributed by atoms with Gasteiger partial charge in [0.05, 0.1) is 6.10 Å². The van der Waals surface area contributed by atoms with Crippen LogP contribution in [0.25, 0.3) is 0 Å². The number of halogens is 1. The molecule has 5 heteroatoms. The summed E-state index contributed by atoms with van der Waals surface area (Å²) < 4.78 is 24.3. The Morgan fingerprint density at radius 3 is 2.67 bits per heavy atom. The molecule has 0 heterocycles. The van der Waals surface area contributed by atoms with E-state index in [-0.39, 0.29) is 12.2 Å². The lowest BCUT2D eigenvalue weighted by Gasteiger charge is -2.31. The summed E-state index contributed by atoms with van der Waals surface area (Å²) in [6.45, 7) is 0. The standard InChI is InChI=1S/C13H18FNO3/c1-17-11-4-2-3-5-12(11)18-13-8-9(14)6-7-10(13)15-16/h6-8,11-12,15-16H,2-5H2,1H3/t11-,12-/m0/s1. The number of rotatable bonds is 4. The largest absolute Gasteiger partial charge is 0.485 e. The van der Waals surface area contributed by atoms with Gasteiger partial charge in [-0.05, 0) is 31.4 Å². The van der Waals surface area contributed by atoms with Crippen LogP contribution in [-0.4, -0.2) is 24.5 Å². The molecule has 1 aromatic rings. The lowest BCUT2D eigenvalue weighted by atomic mass is 9.94. The molecule has 100 valence electrons. The minimum Gasteiger partial charge on any atom is -0.485 e. The van der Waals surface area contributed by atoms with Gasteiger partial charge in [-0.3, -0.25) is 10.7 Å². The van der Waals surface area contributed by atoms with Crippen molar-refractivity contribution in [2.75, 3.05) is 12.6 Å². The van der Waals surface area contributed by atoms with Crippen molar-refractivity contribution in [1.82, 2.24) is 0 Å². The summed E-state index contributed by atoms with van der Waals surface area (Å²) in [7, 11) is 1.66. The van der Waals surface area contributed by atoms with Crippen LogP contribution in [0.4, 0.5) is 10.1 Å². The highest BCUT2D eigenvalue weighted by atomic mass is 19.1. The van der Waals surface area contributed by atoms with Crippen LogP contribution in [0, 0.1) is 5.82 Å². The van der Waals surface area contributed by atoms with E-state index in [4.69, 9.17) is 14.7 Å². The summed E-state index contributed by atoms with van der Waals surface area (Å²) in [6, 6.07) is 3.97. The number of hydrogen-bond donors (Lipinski definition) is 2. The molecule has 0 aromatic heterocycles. The van der Waals surface area contributed by atoms with Crippen LogP contribution in [-0.2, 0) is 4.74 Å². The maximum Gasteiger partial charge on any atom is 0.148 e. The van der Waals surface area contributed by atoms with E-state index in [9.17, 15) is 4.39 Å². The predicted octanol–water partition coefficient (Wildman–Crippen LogP) is 2.96. The molecule has 0 spiro atoms. The summed E-state index contributed by atoms with van der Waals surface area (Å²) in [5.41, 5.74) is 2.37. The average molecular weight is 255 g/mol. The van der Waals surface area contributed by atoms with E-state index in [2.05, 4.69) is 0 Å². The van der Waals surface area contributed by atoms with Gasteiger partial charge >= 0.3 is 0 Å². The molecule has 2 atom stereocenters. The Balaban J connectivity index is 2.14. The molecule has 4 nitrogen and oxygen atoms in total. The van der Waals surface area contributed by atoms with Gasteiger partial charge in [0, 0.05) is 13.2 Å². The Labute approximate surface area is 106 Å². The van der Waals surface area contributed by atoms with E-state index in [1.165, 1.54) is 18.2 Å². The Kier molecular flexibility index (Phi) is 4.38. The topological polar surface area (TPSA) is 50.7 Å². The Morgan fingerprint density at radius 1 is 1.28 bits per heavy atom. The van der Waals surface area contributed by atoms with Crippen molar-refractivity contribution >= 4 is 5.69 Å². The monoisotopic (exact) mass is 255 g/mol. The second-order valence-electron chi connectivity index (χ2n) is 4.47. The molecule has 0 unspecified atom stereocenters. The van der Waals surface area contributed by atoms with E-state index in [1.807, 2.05) is 5.48 Å². The Hall–Kier alpha value is -1.33. The molecule has 0 amide bonds. The second-order valence-corrected chi connectivity index (χ2v) is 4.47. The average Bonchev–Trinajstić information content (AvgIpc) is 2.40. The smallest absolute Gasteiger partial charge is 0.148 e. The maximum atomic E-state index is 13.2. The van der Waals surface area contributed by atoms with Crippen LogP contribution in [0.3, 0.4) is 0 Å². The van der Waals surface area contributed by atoms with Crippen molar-refractivity contribution in [3.63, 3.8) is 0 Å². The normalized spacial score (nSPS) is 23.7. The molecule has 1 fully saturated rings. The summed E-state index contributed by atoms with van der Waals surface area (Å²) in [5.74, 6) is -0.0831. The molecule has 0 saturated heterocycles. The molecule has 0 aliphatic heterocycles. The molecule has 2 rings (SSSR count). The quantitative estimate of drug-likeness (QED) is 0.812. The van der Waals surface area contributed by atoms with Crippen LogP contribution in [0.2, 0.25) is 0 Å². The van der Waals surface area contributed by atoms with Gasteiger partial charge in [0.25, 0.3) is 0 Å². The minimum absolute atomic E-state index is 0.0218. The van der Waals surface area contributed by atoms with Crippen molar-refractivity contribution in [2.24, 2.45) is 0 Å². The highest BCUT2D eigenvalue weighted by Crippen LogP contribution is 2.30. The fraction of sp³-hybridized carbons (Fsp3) is 0.538. The zero-order valence-corrected chi connectivity index (χ0v) is 10.4. The first-order valence-electron chi connectivity index (χ1n) is 6.13. The predicted molar refractivity (Wildman–Crippen MR) is 65.5 cm³/mol. The zero-order valence-electron chi connectivity index (χ0n) is 10.4. The summed E-state index contributed by atoms with van der Waals surface area (Å²) in [5, 5.41) is 8.98. The minimum atomic E-state index is -0.395. The van der Waals surface area contributed by atoms with E-state index in [1.54, 1.807) is 7.11 Å². The number of nitrogens with one attached hydrogen (secondary N) is 1. The molecule has 18 heavy (non-hydrogen) atoms. The summed E-state index contributed by atoms with van der Waals surface area (Å²) in [6.07, 6.45) is 3.93. The lowest BCUT2D eigenvalue weighted by Crippen LogP contribution is -2.36. The van der Waals surface area contributed by atoms with Gasteiger partial charge in [-0.1, -0.05) is 6.42 Å². The van der Waals surface area contributed by atoms with Gasteiger partial charge in [-0.15, -0.1) is 0 Å². The zero-order chi connectivity index (χ0) is 13.0. The van der Waals surface area contributed by atoms with Gasteiger partial charge in [-0.25, -0.2) is 4.39 Å². The van der Waals surface area contributed by atoms with Crippen molar-refractivity contribution in [2.45, 2.75) is 37.9 Å². The maximum absolute atomic E-state index is 13.2. The molecule has 1 aliphatic rings. The highest BCUT2D eigenvalue weighted by Gasteiger charge is 2.27. The van der Waals surface area contributed by atoms with Crippen molar-refractivity contribution in [3.8, 4) is 5.75 Å². The van der Waals surface area contributed by atoms with Crippen molar-refractivity contribution in [3.05, 3.63) is 24.0 Å². The molecule has 0 bridgehead atoms. The van der Waals surface area contributed by atoms with Crippen LogP contribution in [0.1, 0.15) is 25.7 Å². The Bertz CT molecular complexity index is 400. The molecule has 2 N–H and O–H groups in total. The van der Waals surface area contributed by atoms with E-state index < -0.39 is 5.82 Å². The number of ether oxygens (including phenoxy) is 2. The van der Waals surface area contributed by atoms with E-state index in [0.29, 0.717) is 11.4 Å². The van der Waals surface area contributed by atoms with E-state index >= 15 is 0 Å². The van der Waals surface area contributed by atoms with Gasteiger partial charge in [-0.2, -0.15) is 0 Å². The molecule has 1 aromatic carbocycles. The summed E-state index contributed by atoms with van der Waals surface area (Å²) in [4.78, 5) is 0. The SMILES string of the molecule is CO[C@H]1CCCC[C@@H]1Oc1cc(F)ccc1NO. The molecule has 1 aliphatic carbocycles. The van der Waals surface area contributed by atoms with Crippen molar-refractivity contribution < 1.29 is 19.1 Å². The number of benzene rings is 1. The van der Waals surface area contributed by atoms with Gasteiger partial charge < -0.3 is 9.47 Å².